The molecule has 8 aromatic rings. The van der Waals surface area contributed by atoms with E-state index >= 15 is 0 Å². The molecule has 0 saturated carbocycles. The maximum absolute atomic E-state index is 13.3. The summed E-state index contributed by atoms with van der Waals surface area (Å²) in [5, 5.41) is 47.9. The van der Waals surface area contributed by atoms with Crippen LogP contribution >= 0.6 is 23.2 Å². The van der Waals surface area contributed by atoms with Crippen LogP contribution in [0.15, 0.2) is 164 Å². The Hall–Kier alpha value is -6.72. The number of carbonyl (C=O) groups excluding carboxylic acids is 2. The number of amides is 2. The van der Waals surface area contributed by atoms with Crippen LogP contribution in [-0.2, 0) is 20.2 Å². The first-order valence-electron chi connectivity index (χ1n) is 20.9. The van der Waals surface area contributed by atoms with E-state index in [0.29, 0.717) is 44.4 Å². The number of methoxy groups -OCH3 is 2. The van der Waals surface area contributed by atoms with Gasteiger partial charge in [-0.3, -0.25) is 14.1 Å². The molecule has 0 unspecified atom stereocenters. The molecule has 8 rings (SSSR count). The second kappa shape index (κ2) is 23.4. The van der Waals surface area contributed by atoms with E-state index < -0.39 is 47.6 Å². The van der Waals surface area contributed by atoms with E-state index in [1.807, 2.05) is 0 Å². The maximum atomic E-state index is 13.3. The summed E-state index contributed by atoms with van der Waals surface area (Å²) in [5.41, 5.74) is 1.60. The van der Waals surface area contributed by atoms with Crippen molar-refractivity contribution in [2.75, 3.05) is 24.9 Å². The summed E-state index contributed by atoms with van der Waals surface area (Å²) in [6.07, 6.45) is 0. The molecule has 368 valence electrons. The molecule has 0 heterocycles. The Kier molecular flexibility index (Phi) is 17.8. The van der Waals surface area contributed by atoms with Gasteiger partial charge in [0.2, 0.25) is 0 Å². The molecule has 0 aliphatic rings. The molecule has 0 aromatic heterocycles. The van der Waals surface area contributed by atoms with E-state index in [4.69, 9.17) is 32.7 Å². The second-order valence-corrected chi connectivity index (χ2v) is 18.9. The fourth-order valence-electron chi connectivity index (χ4n) is 7.03. The number of anilines is 2. The number of halogens is 2. The molecule has 0 aliphatic carbocycles. The van der Waals surface area contributed by atoms with Gasteiger partial charge in [-0.25, -0.2) is 8.42 Å². The minimum absolute atomic E-state index is 0. The van der Waals surface area contributed by atoms with Crippen LogP contribution in [0, 0.1) is 13.8 Å². The maximum Gasteiger partial charge on any atom is 2.00 e. The summed E-state index contributed by atoms with van der Waals surface area (Å²) in [6, 6.07) is 35.0. The molecule has 0 radical (unpaired) electrons. The van der Waals surface area contributed by atoms with Crippen molar-refractivity contribution in [1.82, 2.24) is 0 Å². The Balaban J connectivity index is 0.000000235. The molecule has 0 fully saturated rings. The molecule has 8 aromatic carbocycles. The molecule has 23 heteroatoms. The minimum atomic E-state index is -4.78. The van der Waals surface area contributed by atoms with Crippen LogP contribution in [0.3, 0.4) is 0 Å². The number of hydrogen-bond donors (Lipinski definition) is 4. The topological polar surface area (TPSA) is 281 Å². The number of nitrogens with zero attached hydrogens (tertiary/aromatic N) is 4. The number of ether oxygens (including phenoxy) is 2. The van der Waals surface area contributed by atoms with E-state index in [-0.39, 0.29) is 98.5 Å². The Morgan fingerprint density at radius 3 is 1.47 bits per heavy atom. The van der Waals surface area contributed by atoms with Gasteiger partial charge in [-0.05, 0) is 121 Å². The zero-order valence-electron chi connectivity index (χ0n) is 38.7. The molecule has 73 heavy (non-hydrogen) atoms. The van der Waals surface area contributed by atoms with Gasteiger partial charge in [0.25, 0.3) is 21.9 Å². The fourth-order valence-corrected chi connectivity index (χ4v) is 9.15. The van der Waals surface area contributed by atoms with Crippen LogP contribution in [-0.4, -0.2) is 94.8 Å². The average Bonchev–Trinajstić information content (AvgIpc) is 3.35. The van der Waals surface area contributed by atoms with Crippen LogP contribution in [0.25, 0.3) is 21.5 Å². The van der Waals surface area contributed by atoms with Crippen molar-refractivity contribution in [1.29, 1.82) is 0 Å². The number of carbonyl (C=O) groups is 2. The Morgan fingerprint density at radius 1 is 0.589 bits per heavy atom. The first-order chi connectivity index (χ1) is 34.2. The number of fused-ring (bicyclic) bond motifs is 2. The van der Waals surface area contributed by atoms with Gasteiger partial charge in [-0.2, -0.15) is 23.8 Å². The standard InChI is InChI=1S/2C25H20ClN3O6S.Ca/c2*1-14-20(11-12-21(22(14)26)36(32,33)34)28-29-23-18-6-4-3-5-15(18)13-19(24(23)30)25(31)27-16-7-9-17(35-2)10-8-16;/h2*3-13,30H,1-2H3,(H,27,31)(H,32,33,34);/q;;+2/p-2. The number of benzene rings is 8. The summed E-state index contributed by atoms with van der Waals surface area (Å²) in [4.78, 5) is 25.0. The quantitative estimate of drug-likeness (QED) is 0.0505. The summed E-state index contributed by atoms with van der Waals surface area (Å²) in [5.74, 6) is -0.979. The summed E-state index contributed by atoms with van der Waals surface area (Å²) in [7, 11) is -6.23. The predicted octanol–water partition coefficient (Wildman–Crippen LogP) is 11.5. The summed E-state index contributed by atoms with van der Waals surface area (Å²) < 4.78 is 76.6. The first kappa shape index (κ1) is 55.6. The van der Waals surface area contributed by atoms with Gasteiger partial charge in [0.1, 0.15) is 32.2 Å². The molecular formula is C50H38CaCl2N6O12S2. The van der Waals surface area contributed by atoms with Gasteiger partial charge < -0.3 is 34.9 Å². The summed E-state index contributed by atoms with van der Waals surface area (Å²) in [6.45, 7) is 2.99. The van der Waals surface area contributed by atoms with Crippen molar-refractivity contribution >= 4 is 149 Å². The van der Waals surface area contributed by atoms with Crippen molar-refractivity contribution in [3.05, 3.63) is 166 Å². The van der Waals surface area contributed by atoms with Gasteiger partial charge in [-0.1, -0.05) is 77.5 Å². The van der Waals surface area contributed by atoms with Crippen molar-refractivity contribution in [3.8, 4) is 23.0 Å². The number of phenols is 1. The molecule has 0 bridgehead atoms. The number of hydrogen-bond acceptors (Lipinski definition) is 15. The zero-order valence-corrected chi connectivity index (χ0v) is 44.1. The Labute approximate surface area is 457 Å². The minimum Gasteiger partial charge on any atom is -0.870 e. The van der Waals surface area contributed by atoms with Gasteiger partial charge >= 0.3 is 37.7 Å². The summed E-state index contributed by atoms with van der Waals surface area (Å²) >= 11 is 12.2. The van der Waals surface area contributed by atoms with E-state index in [0.717, 1.165) is 12.1 Å². The van der Waals surface area contributed by atoms with Crippen molar-refractivity contribution in [2.45, 2.75) is 23.6 Å². The monoisotopic (exact) mass is 1090 g/mol. The number of aromatic hydroxyl groups is 1. The fraction of sp³-hybridized carbons (Fsp3) is 0.0800. The Bertz CT molecular complexity index is 3490. The normalized spacial score (nSPS) is 11.5. The molecule has 0 atom stereocenters. The number of nitrogens with one attached hydrogen (secondary N) is 2. The van der Waals surface area contributed by atoms with E-state index in [2.05, 4.69) is 31.1 Å². The zero-order chi connectivity index (χ0) is 52.1. The molecular weight excluding hydrogens is 1050 g/mol. The van der Waals surface area contributed by atoms with Crippen molar-refractivity contribution in [3.63, 3.8) is 0 Å². The van der Waals surface area contributed by atoms with Gasteiger partial charge in [0.15, 0.2) is 5.75 Å². The number of phenolic OH excluding ortho intramolecular Hbond substituents is 1. The third kappa shape index (κ3) is 12.7. The van der Waals surface area contributed by atoms with Crippen molar-refractivity contribution in [2.24, 2.45) is 20.5 Å². The van der Waals surface area contributed by atoms with Gasteiger partial charge in [0.05, 0.1) is 51.8 Å². The van der Waals surface area contributed by atoms with E-state index in [9.17, 15) is 45.7 Å². The molecule has 0 saturated heterocycles. The third-order valence-electron chi connectivity index (χ3n) is 10.9. The number of rotatable bonds is 12. The first-order valence-corrected chi connectivity index (χ1v) is 24.5. The average molecular weight is 1090 g/mol. The molecule has 2 amide bonds. The molecule has 0 aliphatic heterocycles. The van der Waals surface area contributed by atoms with Crippen LogP contribution in [0.5, 0.6) is 23.0 Å². The largest absolute Gasteiger partial charge is 2.00 e. The SMILES string of the molecule is COc1ccc(NC(=O)c2cc3ccccc3c(N=Nc3ccc(S(=O)(=O)O)c(Cl)c3C)c2O)cc1.COc1ccc(NC(=O)c2cc3ccccc3c(N=Nc3ccc(S(=O)(=O)[O-])c(Cl)c3C)c2[O-])cc1.[Ca+2]. The number of azo groups is 2. The van der Waals surface area contributed by atoms with Crippen LogP contribution in [0.2, 0.25) is 10.0 Å². The molecule has 4 N–H and O–H groups in total. The smallest absolute Gasteiger partial charge is 0.870 e. The molecule has 18 nitrogen and oxygen atoms in total. The van der Waals surface area contributed by atoms with Crippen LogP contribution in [0.1, 0.15) is 31.8 Å². The van der Waals surface area contributed by atoms with Crippen LogP contribution < -0.4 is 25.2 Å². The van der Waals surface area contributed by atoms with E-state index in [1.54, 1.807) is 103 Å². The second-order valence-electron chi connectivity index (χ2n) is 15.4. The Morgan fingerprint density at radius 2 is 1.00 bits per heavy atom. The predicted molar refractivity (Wildman–Crippen MR) is 275 cm³/mol. The van der Waals surface area contributed by atoms with E-state index in [1.165, 1.54) is 46.3 Å². The van der Waals surface area contributed by atoms with Gasteiger partial charge in [-0.15, -0.1) is 5.11 Å². The van der Waals surface area contributed by atoms with Crippen molar-refractivity contribution < 1.29 is 55.2 Å². The third-order valence-corrected chi connectivity index (χ3v) is 13.8. The molecule has 0 spiro atoms. The van der Waals surface area contributed by atoms with Gasteiger partial charge in [0, 0.05) is 27.7 Å². The van der Waals surface area contributed by atoms with Crippen LogP contribution in [0.4, 0.5) is 34.1 Å².